The zero-order valence-electron chi connectivity index (χ0n) is 15.0. The maximum absolute atomic E-state index is 12.5. The van der Waals surface area contributed by atoms with Gasteiger partial charge in [-0.1, -0.05) is 25.1 Å². The fourth-order valence-corrected chi connectivity index (χ4v) is 2.54. The van der Waals surface area contributed by atoms with E-state index in [1.54, 1.807) is 23.7 Å². The highest BCUT2D eigenvalue weighted by atomic mass is 16.5. The van der Waals surface area contributed by atoms with Crippen molar-refractivity contribution in [3.05, 3.63) is 41.6 Å². The van der Waals surface area contributed by atoms with E-state index < -0.39 is 0 Å². The first-order valence-electron chi connectivity index (χ1n) is 8.14. The maximum Gasteiger partial charge on any atom is 0.322 e. The van der Waals surface area contributed by atoms with E-state index in [-0.39, 0.29) is 12.1 Å². The highest BCUT2D eigenvalue weighted by Crippen LogP contribution is 2.20. The van der Waals surface area contributed by atoms with Gasteiger partial charge in [0.05, 0.1) is 12.8 Å². The number of nitrogens with one attached hydrogen (secondary N) is 1. The maximum atomic E-state index is 12.5. The van der Waals surface area contributed by atoms with Gasteiger partial charge in [0, 0.05) is 26.2 Å². The van der Waals surface area contributed by atoms with Crippen molar-refractivity contribution in [3.63, 3.8) is 0 Å². The summed E-state index contributed by atoms with van der Waals surface area (Å²) in [7, 11) is 5.28. The number of aromatic nitrogens is 2. The van der Waals surface area contributed by atoms with Gasteiger partial charge in [-0.05, 0) is 31.4 Å². The minimum Gasteiger partial charge on any atom is -0.496 e. The van der Waals surface area contributed by atoms with Crippen molar-refractivity contribution in [2.24, 2.45) is 7.05 Å². The van der Waals surface area contributed by atoms with Gasteiger partial charge in [-0.25, -0.2) is 4.79 Å². The molecule has 1 aromatic carbocycles. The van der Waals surface area contributed by atoms with Crippen LogP contribution in [-0.4, -0.2) is 40.9 Å². The SMILES string of the molecule is CCc1cc(NC(=O)N(C)C(C)Cc2ccccc2OC)n(C)n1. The normalized spacial score (nSPS) is 11.9. The number of hydrogen-bond acceptors (Lipinski definition) is 3. The number of amides is 2. The predicted molar refractivity (Wildman–Crippen MR) is 95.5 cm³/mol. The molecule has 130 valence electrons. The van der Waals surface area contributed by atoms with Crippen LogP contribution in [0.3, 0.4) is 0 Å². The largest absolute Gasteiger partial charge is 0.496 e. The van der Waals surface area contributed by atoms with Crippen LogP contribution < -0.4 is 10.1 Å². The van der Waals surface area contributed by atoms with Crippen LogP contribution in [0.2, 0.25) is 0 Å². The van der Waals surface area contributed by atoms with Crippen LogP contribution >= 0.6 is 0 Å². The lowest BCUT2D eigenvalue weighted by Crippen LogP contribution is -2.39. The van der Waals surface area contributed by atoms with Crippen molar-refractivity contribution in [3.8, 4) is 5.75 Å². The number of aryl methyl sites for hydroxylation is 2. The molecule has 0 fully saturated rings. The van der Waals surface area contributed by atoms with Crippen LogP contribution in [0.1, 0.15) is 25.1 Å². The number of carbonyl (C=O) groups is 1. The second-order valence-electron chi connectivity index (χ2n) is 5.90. The monoisotopic (exact) mass is 330 g/mol. The van der Waals surface area contributed by atoms with Crippen molar-refractivity contribution in [1.29, 1.82) is 0 Å². The van der Waals surface area contributed by atoms with Crippen molar-refractivity contribution < 1.29 is 9.53 Å². The first-order chi connectivity index (χ1) is 11.5. The first kappa shape index (κ1) is 17.8. The number of rotatable bonds is 6. The van der Waals surface area contributed by atoms with E-state index in [0.717, 1.165) is 29.8 Å². The van der Waals surface area contributed by atoms with Crippen LogP contribution in [0, 0.1) is 0 Å². The highest BCUT2D eigenvalue weighted by molar-refractivity contribution is 5.88. The Kier molecular flexibility index (Phi) is 5.84. The lowest BCUT2D eigenvalue weighted by Gasteiger charge is -2.25. The topological polar surface area (TPSA) is 59.4 Å². The zero-order valence-corrected chi connectivity index (χ0v) is 15.0. The molecule has 0 radical (unpaired) electrons. The summed E-state index contributed by atoms with van der Waals surface area (Å²) in [5, 5.41) is 7.26. The van der Waals surface area contributed by atoms with E-state index in [4.69, 9.17) is 4.74 Å². The number of likely N-dealkylation sites (N-methyl/N-ethyl adjacent to an activating group) is 1. The first-order valence-corrected chi connectivity index (χ1v) is 8.14. The molecule has 0 aliphatic rings. The van der Waals surface area contributed by atoms with Crippen LogP contribution in [0.4, 0.5) is 10.6 Å². The van der Waals surface area contributed by atoms with E-state index in [1.807, 2.05) is 51.2 Å². The molecule has 1 heterocycles. The highest BCUT2D eigenvalue weighted by Gasteiger charge is 2.19. The third-order valence-corrected chi connectivity index (χ3v) is 4.22. The standard InChI is InChI=1S/C18H26N4O2/c1-6-15-12-17(22(4)20-15)19-18(23)21(3)13(2)11-14-9-7-8-10-16(14)24-5/h7-10,12-13H,6,11H2,1-5H3,(H,19,23). The van der Waals surface area contributed by atoms with Gasteiger partial charge < -0.3 is 9.64 Å². The molecule has 2 aromatic rings. The van der Waals surface area contributed by atoms with Crippen LogP contribution in [-0.2, 0) is 19.9 Å². The predicted octanol–water partition coefficient (Wildman–Crippen LogP) is 3.09. The molecule has 0 saturated heterocycles. The van der Waals surface area contributed by atoms with Crippen molar-refractivity contribution in [2.45, 2.75) is 32.7 Å². The molecule has 1 unspecified atom stereocenters. The third kappa shape index (κ3) is 4.07. The van der Waals surface area contributed by atoms with Crippen molar-refractivity contribution >= 4 is 11.8 Å². The third-order valence-electron chi connectivity index (χ3n) is 4.22. The fraction of sp³-hybridized carbons (Fsp3) is 0.444. The van der Waals surface area contributed by atoms with E-state index in [9.17, 15) is 4.79 Å². The van der Waals surface area contributed by atoms with Crippen LogP contribution in [0.5, 0.6) is 5.75 Å². The van der Waals surface area contributed by atoms with Gasteiger partial charge >= 0.3 is 6.03 Å². The van der Waals surface area contributed by atoms with Gasteiger partial charge in [-0.3, -0.25) is 10.00 Å². The average Bonchev–Trinajstić information content (AvgIpc) is 2.94. The van der Waals surface area contributed by atoms with Gasteiger partial charge in [0.15, 0.2) is 0 Å². The molecule has 2 rings (SSSR count). The molecule has 0 saturated carbocycles. The minimum absolute atomic E-state index is 0.0279. The van der Waals surface area contributed by atoms with Crippen molar-refractivity contribution in [1.82, 2.24) is 14.7 Å². The number of methoxy groups -OCH3 is 1. The molecule has 0 aliphatic carbocycles. The summed E-state index contributed by atoms with van der Waals surface area (Å²) in [6.07, 6.45) is 1.56. The average molecular weight is 330 g/mol. The Bertz CT molecular complexity index is 696. The van der Waals surface area contributed by atoms with Crippen molar-refractivity contribution in [2.75, 3.05) is 19.5 Å². The van der Waals surface area contributed by atoms with E-state index >= 15 is 0 Å². The minimum atomic E-state index is -0.150. The summed E-state index contributed by atoms with van der Waals surface area (Å²) in [5.74, 6) is 1.55. The zero-order chi connectivity index (χ0) is 17.7. The second-order valence-corrected chi connectivity index (χ2v) is 5.90. The van der Waals surface area contributed by atoms with Gasteiger partial charge in [-0.2, -0.15) is 5.10 Å². The lowest BCUT2D eigenvalue weighted by molar-refractivity contribution is 0.207. The summed E-state index contributed by atoms with van der Waals surface area (Å²) in [5.41, 5.74) is 2.04. The van der Waals surface area contributed by atoms with Crippen LogP contribution in [0.15, 0.2) is 30.3 Å². The Hall–Kier alpha value is -2.50. The summed E-state index contributed by atoms with van der Waals surface area (Å²) in [6.45, 7) is 4.06. The quantitative estimate of drug-likeness (QED) is 0.885. The lowest BCUT2D eigenvalue weighted by atomic mass is 10.1. The Morgan fingerprint density at radius 2 is 2.12 bits per heavy atom. The number of ether oxygens (including phenoxy) is 1. The van der Waals surface area contributed by atoms with Gasteiger partial charge in [-0.15, -0.1) is 0 Å². The number of carbonyl (C=O) groups excluding carboxylic acids is 1. The van der Waals surface area contributed by atoms with E-state index in [0.29, 0.717) is 5.82 Å². The summed E-state index contributed by atoms with van der Waals surface area (Å²) in [6, 6.07) is 9.66. The van der Waals surface area contributed by atoms with Gasteiger partial charge in [0.2, 0.25) is 0 Å². The number of anilines is 1. The summed E-state index contributed by atoms with van der Waals surface area (Å²) in [4.78, 5) is 14.2. The van der Waals surface area contributed by atoms with Crippen LogP contribution in [0.25, 0.3) is 0 Å². The molecule has 0 spiro atoms. The Morgan fingerprint density at radius 3 is 2.75 bits per heavy atom. The molecule has 1 aromatic heterocycles. The second kappa shape index (κ2) is 7.86. The number of hydrogen-bond donors (Lipinski definition) is 1. The van der Waals surface area contributed by atoms with Gasteiger partial charge in [0.1, 0.15) is 11.6 Å². The number of benzene rings is 1. The van der Waals surface area contributed by atoms with E-state index in [1.165, 1.54) is 0 Å². The number of para-hydroxylation sites is 1. The molecule has 1 N–H and O–H groups in total. The molecule has 6 nitrogen and oxygen atoms in total. The molecular formula is C18H26N4O2. The molecule has 1 atom stereocenters. The molecule has 0 bridgehead atoms. The number of nitrogens with zero attached hydrogens (tertiary/aromatic N) is 3. The Labute approximate surface area is 143 Å². The van der Waals surface area contributed by atoms with E-state index in [2.05, 4.69) is 10.4 Å². The Morgan fingerprint density at radius 1 is 1.42 bits per heavy atom. The summed E-state index contributed by atoms with van der Waals surface area (Å²) >= 11 is 0. The Balaban J connectivity index is 2.02. The van der Waals surface area contributed by atoms with Gasteiger partial charge in [0.25, 0.3) is 0 Å². The molecule has 6 heteroatoms. The smallest absolute Gasteiger partial charge is 0.322 e. The molecular weight excluding hydrogens is 304 g/mol. The molecule has 24 heavy (non-hydrogen) atoms. The fourth-order valence-electron chi connectivity index (χ4n) is 2.54. The molecule has 2 amide bonds. The summed E-state index contributed by atoms with van der Waals surface area (Å²) < 4.78 is 7.07. The molecule has 0 aliphatic heterocycles. The number of urea groups is 1.